The minimum atomic E-state index is -0.210. The molecule has 90 valence electrons. The highest BCUT2D eigenvalue weighted by atomic mass is 16.6. The molecule has 1 aliphatic carbocycles. The van der Waals surface area contributed by atoms with Crippen LogP contribution in [0.4, 0.5) is 0 Å². The van der Waals surface area contributed by atoms with Gasteiger partial charge in [0, 0.05) is 6.42 Å². The Morgan fingerprint density at radius 2 is 2.12 bits per heavy atom. The van der Waals surface area contributed by atoms with E-state index in [0.717, 1.165) is 0 Å². The number of amides is 1. The highest BCUT2D eigenvalue weighted by Gasteiger charge is 2.32. The maximum Gasteiger partial charge on any atom is 0.308 e. The van der Waals surface area contributed by atoms with E-state index in [1.54, 1.807) is 0 Å². The third kappa shape index (κ3) is 2.74. The van der Waals surface area contributed by atoms with Gasteiger partial charge in [-0.2, -0.15) is 0 Å². The van der Waals surface area contributed by atoms with E-state index < -0.39 is 0 Å². The van der Waals surface area contributed by atoms with Crippen molar-refractivity contribution in [1.82, 2.24) is 5.32 Å². The lowest BCUT2D eigenvalue weighted by Crippen LogP contribution is -2.39. The van der Waals surface area contributed by atoms with Crippen molar-refractivity contribution < 1.29 is 14.3 Å². The van der Waals surface area contributed by atoms with E-state index in [2.05, 4.69) is 5.32 Å². The van der Waals surface area contributed by atoms with Gasteiger partial charge in [-0.15, -0.1) is 0 Å². The van der Waals surface area contributed by atoms with Gasteiger partial charge in [0.1, 0.15) is 6.10 Å². The Kier molecular flexibility index (Phi) is 3.46. The molecule has 16 heavy (non-hydrogen) atoms. The van der Waals surface area contributed by atoms with E-state index in [1.807, 2.05) is 6.92 Å². The fourth-order valence-corrected chi connectivity index (χ4v) is 2.59. The molecule has 2 fully saturated rings. The van der Waals surface area contributed by atoms with Crippen molar-refractivity contribution in [3.8, 4) is 0 Å². The first-order valence-electron chi connectivity index (χ1n) is 6.14. The number of carbonyl (C=O) groups is 2. The molecule has 0 aromatic heterocycles. The maximum atomic E-state index is 11.7. The van der Waals surface area contributed by atoms with Crippen LogP contribution in [-0.4, -0.2) is 24.0 Å². The molecule has 0 spiro atoms. The van der Waals surface area contributed by atoms with Crippen molar-refractivity contribution >= 4 is 11.9 Å². The molecule has 1 heterocycles. The molecule has 0 unspecified atom stereocenters. The first-order valence-corrected chi connectivity index (χ1v) is 6.14. The van der Waals surface area contributed by atoms with E-state index in [4.69, 9.17) is 4.74 Å². The van der Waals surface area contributed by atoms with Gasteiger partial charge in [-0.1, -0.05) is 12.8 Å². The van der Waals surface area contributed by atoms with Gasteiger partial charge in [0.25, 0.3) is 0 Å². The lowest BCUT2D eigenvalue weighted by molar-refractivity contribution is -0.141. The van der Waals surface area contributed by atoms with Crippen molar-refractivity contribution in [1.29, 1.82) is 0 Å². The van der Waals surface area contributed by atoms with Crippen LogP contribution < -0.4 is 5.32 Å². The molecule has 0 aromatic carbocycles. The van der Waals surface area contributed by atoms with Crippen LogP contribution in [0.5, 0.6) is 0 Å². The summed E-state index contributed by atoms with van der Waals surface area (Å²) in [7, 11) is 0. The number of ether oxygens (including phenoxy) is 1. The molecule has 4 nitrogen and oxygen atoms in total. The van der Waals surface area contributed by atoms with Crippen LogP contribution in [0.15, 0.2) is 0 Å². The molecule has 2 atom stereocenters. The molecule has 1 N–H and O–H groups in total. The van der Waals surface area contributed by atoms with Crippen molar-refractivity contribution in [3.05, 3.63) is 0 Å². The third-order valence-corrected chi connectivity index (χ3v) is 3.57. The highest BCUT2D eigenvalue weighted by molar-refractivity contribution is 5.79. The Morgan fingerprint density at radius 3 is 2.69 bits per heavy atom. The highest BCUT2D eigenvalue weighted by Crippen LogP contribution is 2.27. The molecule has 1 amide bonds. The SMILES string of the molecule is C[C@@H]1OC(=O)C[C@@H]1NC(=O)CC1CCCC1. The standard InChI is InChI=1S/C12H19NO3/c1-8-10(7-12(15)16-8)13-11(14)6-9-4-2-3-5-9/h8-10H,2-7H2,1H3,(H,13,14)/t8-,10-/m0/s1. The monoisotopic (exact) mass is 225 g/mol. The van der Waals surface area contributed by atoms with E-state index in [-0.39, 0.29) is 24.0 Å². The third-order valence-electron chi connectivity index (χ3n) is 3.57. The number of rotatable bonds is 3. The fraction of sp³-hybridized carbons (Fsp3) is 0.833. The molecular formula is C12H19NO3. The first-order chi connectivity index (χ1) is 7.65. The van der Waals surface area contributed by atoms with Crippen LogP contribution in [0.25, 0.3) is 0 Å². The van der Waals surface area contributed by atoms with Gasteiger partial charge in [-0.05, 0) is 25.7 Å². The van der Waals surface area contributed by atoms with Crippen molar-refractivity contribution in [2.75, 3.05) is 0 Å². The average molecular weight is 225 g/mol. The normalized spacial score (nSPS) is 30.4. The van der Waals surface area contributed by atoms with Crippen LogP contribution >= 0.6 is 0 Å². The van der Waals surface area contributed by atoms with E-state index in [1.165, 1.54) is 25.7 Å². The van der Waals surface area contributed by atoms with E-state index >= 15 is 0 Å². The topological polar surface area (TPSA) is 55.4 Å². The molecule has 1 saturated heterocycles. The lowest BCUT2D eigenvalue weighted by atomic mass is 10.0. The van der Waals surface area contributed by atoms with Crippen molar-refractivity contribution in [2.24, 2.45) is 5.92 Å². The second kappa shape index (κ2) is 4.85. The van der Waals surface area contributed by atoms with E-state index in [9.17, 15) is 9.59 Å². The van der Waals surface area contributed by atoms with Crippen molar-refractivity contribution in [3.63, 3.8) is 0 Å². The van der Waals surface area contributed by atoms with Crippen LogP contribution in [-0.2, 0) is 14.3 Å². The predicted octanol–water partition coefficient (Wildman–Crippen LogP) is 1.39. The molecule has 2 aliphatic rings. The predicted molar refractivity (Wildman–Crippen MR) is 58.7 cm³/mol. The summed E-state index contributed by atoms with van der Waals surface area (Å²) < 4.78 is 4.99. The van der Waals surface area contributed by atoms with Crippen LogP contribution in [0, 0.1) is 5.92 Å². The Labute approximate surface area is 95.7 Å². The smallest absolute Gasteiger partial charge is 0.308 e. The zero-order valence-corrected chi connectivity index (χ0v) is 9.70. The average Bonchev–Trinajstić information content (AvgIpc) is 2.78. The zero-order valence-electron chi connectivity index (χ0n) is 9.70. The molecule has 4 heteroatoms. The Bertz CT molecular complexity index is 284. The maximum absolute atomic E-state index is 11.7. The van der Waals surface area contributed by atoms with E-state index in [0.29, 0.717) is 18.8 Å². The minimum absolute atomic E-state index is 0.0713. The Balaban J connectivity index is 1.76. The second-order valence-corrected chi connectivity index (χ2v) is 4.93. The zero-order chi connectivity index (χ0) is 11.5. The lowest BCUT2D eigenvalue weighted by Gasteiger charge is -2.16. The van der Waals surface area contributed by atoms with Crippen LogP contribution in [0.1, 0.15) is 45.4 Å². The van der Waals surface area contributed by atoms with Gasteiger partial charge < -0.3 is 10.1 Å². The molecule has 0 bridgehead atoms. The summed E-state index contributed by atoms with van der Waals surface area (Å²) in [4.78, 5) is 22.7. The Hall–Kier alpha value is -1.06. The number of carbonyl (C=O) groups excluding carboxylic acids is 2. The number of nitrogens with one attached hydrogen (secondary N) is 1. The van der Waals surface area contributed by atoms with Crippen LogP contribution in [0.3, 0.4) is 0 Å². The van der Waals surface area contributed by atoms with Gasteiger partial charge in [0.15, 0.2) is 0 Å². The first kappa shape index (κ1) is 11.4. The number of esters is 1. The summed E-state index contributed by atoms with van der Waals surface area (Å²) in [5.74, 6) is 0.411. The molecule has 0 radical (unpaired) electrons. The number of cyclic esters (lactones) is 1. The second-order valence-electron chi connectivity index (χ2n) is 4.93. The number of hydrogen-bond donors (Lipinski definition) is 1. The van der Waals surface area contributed by atoms with Crippen LogP contribution in [0.2, 0.25) is 0 Å². The Morgan fingerprint density at radius 1 is 1.44 bits per heavy atom. The van der Waals surface area contributed by atoms with Gasteiger partial charge in [0.05, 0.1) is 12.5 Å². The summed E-state index contributed by atoms with van der Waals surface area (Å²) in [6, 6.07) is -0.124. The van der Waals surface area contributed by atoms with Gasteiger partial charge in [-0.3, -0.25) is 9.59 Å². The summed E-state index contributed by atoms with van der Waals surface area (Å²) in [6.45, 7) is 1.82. The summed E-state index contributed by atoms with van der Waals surface area (Å²) in [5.41, 5.74) is 0. The quantitative estimate of drug-likeness (QED) is 0.738. The summed E-state index contributed by atoms with van der Waals surface area (Å²) in [6.07, 6.45) is 5.58. The molecule has 1 aliphatic heterocycles. The summed E-state index contributed by atoms with van der Waals surface area (Å²) in [5, 5.41) is 2.90. The number of hydrogen-bond acceptors (Lipinski definition) is 3. The molecular weight excluding hydrogens is 206 g/mol. The minimum Gasteiger partial charge on any atom is -0.460 e. The fourth-order valence-electron chi connectivity index (χ4n) is 2.59. The van der Waals surface area contributed by atoms with Gasteiger partial charge >= 0.3 is 5.97 Å². The van der Waals surface area contributed by atoms with Crippen molar-refractivity contribution in [2.45, 2.75) is 57.6 Å². The molecule has 0 aromatic rings. The van der Waals surface area contributed by atoms with Gasteiger partial charge in [0.2, 0.25) is 5.91 Å². The summed E-state index contributed by atoms with van der Waals surface area (Å²) >= 11 is 0. The largest absolute Gasteiger partial charge is 0.460 e. The van der Waals surface area contributed by atoms with Gasteiger partial charge in [-0.25, -0.2) is 0 Å². The molecule has 1 saturated carbocycles. The molecule has 2 rings (SSSR count).